The summed E-state index contributed by atoms with van der Waals surface area (Å²) in [5, 5.41) is 0. The summed E-state index contributed by atoms with van der Waals surface area (Å²) in [7, 11) is 1.98. The summed E-state index contributed by atoms with van der Waals surface area (Å²) in [4.78, 5) is 14.0. The molecule has 2 fully saturated rings. The highest BCUT2D eigenvalue weighted by Crippen LogP contribution is 2.35. The van der Waals surface area contributed by atoms with Crippen LogP contribution in [0.1, 0.15) is 39.0 Å². The van der Waals surface area contributed by atoms with E-state index in [2.05, 4.69) is 6.92 Å². The van der Waals surface area contributed by atoms with E-state index in [0.717, 1.165) is 6.42 Å². The van der Waals surface area contributed by atoms with Gasteiger partial charge in [0.1, 0.15) is 0 Å². The number of hydrogen-bond donors (Lipinski definition) is 0. The molecule has 74 valence electrons. The summed E-state index contributed by atoms with van der Waals surface area (Å²) in [6.45, 7) is 2.22. The van der Waals surface area contributed by atoms with Crippen molar-refractivity contribution in [1.29, 1.82) is 0 Å². The van der Waals surface area contributed by atoms with Gasteiger partial charge < -0.3 is 4.90 Å². The summed E-state index contributed by atoms with van der Waals surface area (Å²) in [5.41, 5.74) is 0. The lowest BCUT2D eigenvalue weighted by Crippen LogP contribution is -2.35. The molecule has 2 rings (SSSR count). The smallest absolute Gasteiger partial charge is 0.225 e. The molecule has 2 nitrogen and oxygen atoms in total. The van der Waals surface area contributed by atoms with Gasteiger partial charge in [-0.15, -0.1) is 0 Å². The van der Waals surface area contributed by atoms with Crippen molar-refractivity contribution < 1.29 is 4.79 Å². The van der Waals surface area contributed by atoms with Gasteiger partial charge in [0, 0.05) is 19.0 Å². The van der Waals surface area contributed by atoms with Crippen molar-refractivity contribution in [2.75, 3.05) is 7.05 Å². The van der Waals surface area contributed by atoms with E-state index in [1.807, 2.05) is 11.9 Å². The van der Waals surface area contributed by atoms with Crippen LogP contribution in [0, 0.1) is 11.8 Å². The zero-order valence-corrected chi connectivity index (χ0v) is 8.62. The highest BCUT2D eigenvalue weighted by Gasteiger charge is 2.36. The third kappa shape index (κ3) is 1.72. The van der Waals surface area contributed by atoms with Crippen molar-refractivity contribution in [3.63, 3.8) is 0 Å². The third-order valence-electron chi connectivity index (χ3n) is 3.62. The molecule has 2 saturated carbocycles. The number of rotatable bonds is 2. The second-order valence-corrected chi connectivity index (χ2v) is 4.69. The van der Waals surface area contributed by atoms with Gasteiger partial charge in [-0.2, -0.15) is 0 Å². The van der Waals surface area contributed by atoms with Gasteiger partial charge in [0.15, 0.2) is 0 Å². The van der Waals surface area contributed by atoms with E-state index in [1.54, 1.807) is 0 Å². The third-order valence-corrected chi connectivity index (χ3v) is 3.62. The average molecular weight is 181 g/mol. The van der Waals surface area contributed by atoms with Crippen LogP contribution in [0.4, 0.5) is 0 Å². The molecular formula is C11H19NO. The molecule has 0 spiro atoms. The molecule has 2 heteroatoms. The zero-order chi connectivity index (χ0) is 9.42. The largest absolute Gasteiger partial charge is 0.343 e. The standard InChI is InChI=1S/C11H19NO/c1-8-4-3-5-10(8)11(13)12(2)9-6-7-9/h8-10H,3-7H2,1-2H3. The molecule has 2 aliphatic rings. The Morgan fingerprint density at radius 3 is 2.38 bits per heavy atom. The highest BCUT2D eigenvalue weighted by atomic mass is 16.2. The molecule has 2 unspecified atom stereocenters. The van der Waals surface area contributed by atoms with Crippen molar-refractivity contribution >= 4 is 5.91 Å². The first-order valence-electron chi connectivity index (χ1n) is 5.47. The SMILES string of the molecule is CC1CCCC1C(=O)N(C)C1CC1. The first-order valence-corrected chi connectivity index (χ1v) is 5.47. The number of hydrogen-bond acceptors (Lipinski definition) is 1. The predicted octanol–water partition coefficient (Wildman–Crippen LogP) is 2.04. The maximum absolute atomic E-state index is 12.0. The summed E-state index contributed by atoms with van der Waals surface area (Å²) in [6, 6.07) is 0.584. The van der Waals surface area contributed by atoms with Crippen LogP contribution < -0.4 is 0 Å². The van der Waals surface area contributed by atoms with E-state index in [4.69, 9.17) is 0 Å². The minimum Gasteiger partial charge on any atom is -0.343 e. The van der Waals surface area contributed by atoms with Gasteiger partial charge in [0.25, 0.3) is 0 Å². The van der Waals surface area contributed by atoms with E-state index in [1.165, 1.54) is 25.7 Å². The van der Waals surface area contributed by atoms with Crippen molar-refractivity contribution in [3.8, 4) is 0 Å². The van der Waals surface area contributed by atoms with Gasteiger partial charge in [0.2, 0.25) is 5.91 Å². The quantitative estimate of drug-likeness (QED) is 0.638. The maximum atomic E-state index is 12.0. The number of amides is 1. The minimum atomic E-state index is 0.339. The van der Waals surface area contributed by atoms with Gasteiger partial charge in [-0.3, -0.25) is 4.79 Å². The zero-order valence-electron chi connectivity index (χ0n) is 8.62. The first kappa shape index (κ1) is 9.04. The van der Waals surface area contributed by atoms with Crippen molar-refractivity contribution in [1.82, 2.24) is 4.90 Å². The van der Waals surface area contributed by atoms with Crippen LogP contribution in [0.15, 0.2) is 0 Å². The molecule has 0 bridgehead atoms. The van der Waals surface area contributed by atoms with Gasteiger partial charge in [-0.25, -0.2) is 0 Å². The number of carbonyl (C=O) groups is 1. The second kappa shape index (κ2) is 3.32. The van der Waals surface area contributed by atoms with Gasteiger partial charge >= 0.3 is 0 Å². The number of carbonyl (C=O) groups excluding carboxylic acids is 1. The van der Waals surface area contributed by atoms with Crippen LogP contribution in [-0.2, 0) is 4.79 Å². The van der Waals surface area contributed by atoms with E-state index < -0.39 is 0 Å². The van der Waals surface area contributed by atoms with Gasteiger partial charge in [-0.05, 0) is 31.6 Å². The lowest BCUT2D eigenvalue weighted by molar-refractivity contribution is -0.135. The van der Waals surface area contributed by atoms with E-state index in [0.29, 0.717) is 23.8 Å². The molecule has 1 amide bonds. The fraction of sp³-hybridized carbons (Fsp3) is 0.909. The monoisotopic (exact) mass is 181 g/mol. The normalized spacial score (nSPS) is 33.4. The Balaban J connectivity index is 1.94. The van der Waals surface area contributed by atoms with Crippen LogP contribution in [0.3, 0.4) is 0 Å². The summed E-state index contributed by atoms with van der Waals surface area (Å²) >= 11 is 0. The first-order chi connectivity index (χ1) is 6.20. The van der Waals surface area contributed by atoms with Crippen LogP contribution >= 0.6 is 0 Å². The molecule has 0 aromatic heterocycles. The summed E-state index contributed by atoms with van der Waals surface area (Å²) in [5.74, 6) is 1.37. The Bertz CT molecular complexity index is 210. The molecule has 0 radical (unpaired) electrons. The Morgan fingerprint density at radius 1 is 1.23 bits per heavy atom. The van der Waals surface area contributed by atoms with Gasteiger partial charge in [0.05, 0.1) is 0 Å². The van der Waals surface area contributed by atoms with Crippen LogP contribution in [0.5, 0.6) is 0 Å². The predicted molar refractivity (Wildman–Crippen MR) is 52.3 cm³/mol. The topological polar surface area (TPSA) is 20.3 Å². The van der Waals surface area contributed by atoms with Crippen molar-refractivity contribution in [3.05, 3.63) is 0 Å². The lowest BCUT2D eigenvalue weighted by Gasteiger charge is -2.23. The maximum Gasteiger partial charge on any atom is 0.225 e. The second-order valence-electron chi connectivity index (χ2n) is 4.69. The Kier molecular flexibility index (Phi) is 2.31. The van der Waals surface area contributed by atoms with Crippen LogP contribution in [0.25, 0.3) is 0 Å². The highest BCUT2D eigenvalue weighted by molar-refractivity contribution is 5.79. The lowest BCUT2D eigenvalue weighted by atomic mass is 9.97. The molecule has 0 saturated heterocycles. The van der Waals surface area contributed by atoms with E-state index in [-0.39, 0.29) is 0 Å². The fourth-order valence-corrected chi connectivity index (χ4v) is 2.42. The van der Waals surface area contributed by atoms with Crippen LogP contribution in [-0.4, -0.2) is 23.9 Å². The Hall–Kier alpha value is -0.530. The molecule has 2 aliphatic carbocycles. The average Bonchev–Trinajstić information content (AvgIpc) is 2.87. The minimum absolute atomic E-state index is 0.339. The summed E-state index contributed by atoms with van der Waals surface area (Å²) < 4.78 is 0. The van der Waals surface area contributed by atoms with Crippen LogP contribution in [0.2, 0.25) is 0 Å². The molecule has 2 atom stereocenters. The Morgan fingerprint density at radius 2 is 1.92 bits per heavy atom. The summed E-state index contributed by atoms with van der Waals surface area (Å²) in [6.07, 6.45) is 6.06. The van der Waals surface area contributed by atoms with Gasteiger partial charge in [-0.1, -0.05) is 13.3 Å². The Labute approximate surface area is 80.3 Å². The molecule has 13 heavy (non-hydrogen) atoms. The van der Waals surface area contributed by atoms with Crippen molar-refractivity contribution in [2.45, 2.75) is 45.1 Å². The van der Waals surface area contributed by atoms with E-state index in [9.17, 15) is 4.79 Å². The molecule has 0 N–H and O–H groups in total. The van der Waals surface area contributed by atoms with Crippen molar-refractivity contribution in [2.24, 2.45) is 11.8 Å². The molecule has 0 aromatic rings. The fourth-order valence-electron chi connectivity index (χ4n) is 2.42. The molecular weight excluding hydrogens is 162 g/mol. The number of nitrogens with zero attached hydrogens (tertiary/aromatic N) is 1. The molecule has 0 aromatic carbocycles. The van der Waals surface area contributed by atoms with E-state index >= 15 is 0 Å². The molecule has 0 heterocycles. The molecule has 0 aliphatic heterocycles.